The Balaban J connectivity index is 1.38. The summed E-state index contributed by atoms with van der Waals surface area (Å²) in [6, 6.07) is 16.2. The van der Waals surface area contributed by atoms with Crippen LogP contribution in [0, 0.1) is 0 Å². The van der Waals surface area contributed by atoms with Gasteiger partial charge in [-0.05, 0) is 48.0 Å². The van der Waals surface area contributed by atoms with Crippen LogP contribution in [0.15, 0.2) is 73.2 Å². The van der Waals surface area contributed by atoms with Gasteiger partial charge in [-0.3, -0.25) is 9.59 Å². The number of pyridine rings is 1. The Bertz CT molecular complexity index is 1360. The van der Waals surface area contributed by atoms with Crippen molar-refractivity contribution in [3.63, 3.8) is 0 Å². The van der Waals surface area contributed by atoms with Crippen LogP contribution in [0.3, 0.4) is 0 Å². The van der Waals surface area contributed by atoms with E-state index in [9.17, 15) is 9.59 Å². The molecule has 0 atom stereocenters. The number of anilines is 1. The Morgan fingerprint density at radius 1 is 0.914 bits per heavy atom. The van der Waals surface area contributed by atoms with E-state index in [1.54, 1.807) is 43.8 Å². The number of fused-ring (bicyclic) bond motifs is 1. The van der Waals surface area contributed by atoms with Crippen LogP contribution in [0.2, 0.25) is 0 Å². The van der Waals surface area contributed by atoms with Gasteiger partial charge in [-0.15, -0.1) is 0 Å². The van der Waals surface area contributed by atoms with Crippen LogP contribution < -0.4 is 20.1 Å². The summed E-state index contributed by atoms with van der Waals surface area (Å²) >= 11 is 0. The molecule has 4 rings (SSSR count). The van der Waals surface area contributed by atoms with E-state index in [2.05, 4.69) is 29.5 Å². The average molecular weight is 473 g/mol. The first kappa shape index (κ1) is 23.8. The van der Waals surface area contributed by atoms with Crippen LogP contribution in [0.1, 0.15) is 40.1 Å². The molecule has 2 aromatic carbocycles. The van der Waals surface area contributed by atoms with Crippen molar-refractivity contribution >= 4 is 23.1 Å². The maximum absolute atomic E-state index is 12.7. The number of amides is 2. The fourth-order valence-electron chi connectivity index (χ4n) is 3.75. The van der Waals surface area contributed by atoms with Gasteiger partial charge in [0, 0.05) is 41.8 Å². The summed E-state index contributed by atoms with van der Waals surface area (Å²) in [7, 11) is 3.08. The van der Waals surface area contributed by atoms with Crippen LogP contribution in [-0.2, 0) is 5.41 Å². The molecule has 0 saturated carbocycles. The summed E-state index contributed by atoms with van der Waals surface area (Å²) in [5.74, 6) is 0.654. The Hall–Kier alpha value is -4.33. The molecular formula is C27H28N4O4. The first-order valence-corrected chi connectivity index (χ1v) is 11.2. The molecule has 0 unspecified atom stereocenters. The second-order valence-electron chi connectivity index (χ2n) is 8.78. The molecule has 35 heavy (non-hydrogen) atoms. The van der Waals surface area contributed by atoms with E-state index in [-0.39, 0.29) is 17.2 Å². The number of nitrogens with zero attached hydrogens (tertiary/aromatic N) is 2. The van der Waals surface area contributed by atoms with Gasteiger partial charge in [0.1, 0.15) is 5.65 Å². The Morgan fingerprint density at radius 2 is 1.63 bits per heavy atom. The van der Waals surface area contributed by atoms with Crippen molar-refractivity contribution in [2.75, 3.05) is 26.1 Å². The molecule has 0 bridgehead atoms. The van der Waals surface area contributed by atoms with E-state index in [0.717, 1.165) is 11.2 Å². The number of nitrogens with one attached hydrogen (secondary N) is 2. The molecule has 180 valence electrons. The van der Waals surface area contributed by atoms with E-state index in [1.165, 1.54) is 7.11 Å². The van der Waals surface area contributed by atoms with Crippen LogP contribution >= 0.6 is 0 Å². The average Bonchev–Trinajstić information content (AvgIpc) is 3.35. The summed E-state index contributed by atoms with van der Waals surface area (Å²) in [5.41, 5.74) is 3.21. The largest absolute Gasteiger partial charge is 0.493 e. The predicted molar refractivity (Wildman–Crippen MR) is 134 cm³/mol. The minimum atomic E-state index is -0.319. The molecule has 0 aliphatic heterocycles. The Kier molecular flexibility index (Phi) is 6.73. The first-order valence-electron chi connectivity index (χ1n) is 11.2. The molecule has 2 amide bonds. The molecule has 2 aromatic heterocycles. The number of hydrogen-bond acceptors (Lipinski definition) is 5. The van der Waals surface area contributed by atoms with Gasteiger partial charge in [0.2, 0.25) is 0 Å². The van der Waals surface area contributed by atoms with Gasteiger partial charge in [-0.1, -0.05) is 26.0 Å². The third-order valence-corrected chi connectivity index (χ3v) is 5.91. The highest BCUT2D eigenvalue weighted by molar-refractivity contribution is 6.04. The Labute approximate surface area is 203 Å². The molecule has 0 radical (unpaired) electrons. The van der Waals surface area contributed by atoms with E-state index < -0.39 is 0 Å². The van der Waals surface area contributed by atoms with Gasteiger partial charge in [0.05, 0.1) is 19.8 Å². The van der Waals surface area contributed by atoms with Gasteiger partial charge in [0.25, 0.3) is 11.8 Å². The number of rotatable bonds is 8. The van der Waals surface area contributed by atoms with E-state index in [1.807, 2.05) is 40.9 Å². The summed E-state index contributed by atoms with van der Waals surface area (Å²) in [6.07, 6.45) is 5.27. The number of carbonyl (C=O) groups is 2. The summed E-state index contributed by atoms with van der Waals surface area (Å²) in [4.78, 5) is 29.6. The molecule has 2 N–H and O–H groups in total. The van der Waals surface area contributed by atoms with Crippen molar-refractivity contribution in [1.82, 2.24) is 14.7 Å². The summed E-state index contributed by atoms with van der Waals surface area (Å²) in [6.45, 7) is 4.57. The van der Waals surface area contributed by atoms with Gasteiger partial charge < -0.3 is 24.5 Å². The topological polar surface area (TPSA) is 94.0 Å². The van der Waals surface area contributed by atoms with Crippen molar-refractivity contribution < 1.29 is 19.1 Å². The van der Waals surface area contributed by atoms with Crippen LogP contribution in [-0.4, -0.2) is 42.0 Å². The number of aromatic nitrogens is 2. The first-order chi connectivity index (χ1) is 16.8. The summed E-state index contributed by atoms with van der Waals surface area (Å²) in [5, 5.41) is 5.92. The van der Waals surface area contributed by atoms with Crippen molar-refractivity contribution in [1.29, 1.82) is 0 Å². The lowest BCUT2D eigenvalue weighted by Crippen LogP contribution is -2.36. The Morgan fingerprint density at radius 3 is 2.34 bits per heavy atom. The number of hydrogen-bond donors (Lipinski definition) is 2. The van der Waals surface area contributed by atoms with Gasteiger partial charge >= 0.3 is 0 Å². The molecule has 0 aliphatic carbocycles. The van der Waals surface area contributed by atoms with Crippen molar-refractivity contribution in [2.24, 2.45) is 0 Å². The lowest BCUT2D eigenvalue weighted by Gasteiger charge is -2.26. The molecular weight excluding hydrogens is 444 g/mol. The number of imidazole rings is 1. The quantitative estimate of drug-likeness (QED) is 0.399. The maximum Gasteiger partial charge on any atom is 0.255 e. The van der Waals surface area contributed by atoms with E-state index >= 15 is 0 Å². The van der Waals surface area contributed by atoms with Crippen LogP contribution in [0.25, 0.3) is 5.65 Å². The normalized spacial score (nSPS) is 11.2. The molecule has 8 nitrogen and oxygen atoms in total. The maximum atomic E-state index is 12.7. The minimum absolute atomic E-state index is 0.146. The SMILES string of the molecule is COc1ccc(C(=O)Nc2ccc(C(C)(C)CNC(=O)c3ccc4nccn4c3)cc2)cc1OC. The van der Waals surface area contributed by atoms with Crippen molar-refractivity contribution in [2.45, 2.75) is 19.3 Å². The van der Waals surface area contributed by atoms with E-state index in [4.69, 9.17) is 9.47 Å². The highest BCUT2D eigenvalue weighted by Gasteiger charge is 2.22. The highest BCUT2D eigenvalue weighted by Crippen LogP contribution is 2.28. The standard InChI is InChI=1S/C27H28N4O4/c1-27(2,17-29-25(32)19-6-12-24-28-13-14-31(24)16-19)20-7-9-21(10-8-20)30-26(33)18-5-11-22(34-3)23(15-18)35-4/h5-16H,17H2,1-4H3,(H,29,32)(H,30,33). The van der Waals surface area contributed by atoms with Gasteiger partial charge in [0.15, 0.2) is 11.5 Å². The highest BCUT2D eigenvalue weighted by atomic mass is 16.5. The second-order valence-corrected chi connectivity index (χ2v) is 8.78. The lowest BCUT2D eigenvalue weighted by molar-refractivity contribution is 0.0944. The molecule has 0 aliphatic rings. The van der Waals surface area contributed by atoms with Crippen molar-refractivity contribution in [3.05, 3.63) is 89.9 Å². The number of carbonyl (C=O) groups excluding carboxylic acids is 2. The number of benzene rings is 2. The molecule has 2 heterocycles. The minimum Gasteiger partial charge on any atom is -0.493 e. The molecule has 4 aromatic rings. The fraction of sp³-hybridized carbons (Fsp3) is 0.222. The van der Waals surface area contributed by atoms with Gasteiger partial charge in [-0.25, -0.2) is 4.98 Å². The predicted octanol–water partition coefficient (Wildman–Crippen LogP) is 4.31. The number of methoxy groups -OCH3 is 2. The van der Waals surface area contributed by atoms with Crippen LogP contribution in [0.4, 0.5) is 5.69 Å². The smallest absolute Gasteiger partial charge is 0.255 e. The molecule has 8 heteroatoms. The van der Waals surface area contributed by atoms with E-state index in [0.29, 0.717) is 34.9 Å². The summed E-state index contributed by atoms with van der Waals surface area (Å²) < 4.78 is 12.3. The monoisotopic (exact) mass is 472 g/mol. The second kappa shape index (κ2) is 9.89. The molecule has 0 saturated heterocycles. The lowest BCUT2D eigenvalue weighted by atomic mass is 9.84. The van der Waals surface area contributed by atoms with Gasteiger partial charge in [-0.2, -0.15) is 0 Å². The van der Waals surface area contributed by atoms with Crippen LogP contribution in [0.5, 0.6) is 11.5 Å². The van der Waals surface area contributed by atoms with Crippen molar-refractivity contribution in [3.8, 4) is 11.5 Å². The third kappa shape index (κ3) is 5.27. The zero-order chi connectivity index (χ0) is 25.0. The molecule has 0 spiro atoms. The zero-order valence-electron chi connectivity index (χ0n) is 20.2. The zero-order valence-corrected chi connectivity index (χ0v) is 20.2. The molecule has 0 fully saturated rings. The third-order valence-electron chi connectivity index (χ3n) is 5.91. The number of ether oxygens (including phenoxy) is 2. The fourth-order valence-corrected chi connectivity index (χ4v) is 3.75.